The van der Waals surface area contributed by atoms with Gasteiger partial charge in [-0.25, -0.2) is 9.59 Å². The number of carbonyl (C=O) groups is 2. The maximum absolute atomic E-state index is 11.9. The largest absolute Gasteiger partial charge is 0.461 e. The second-order valence-electron chi connectivity index (χ2n) is 7.68. The molecule has 0 aliphatic heterocycles. The first-order valence-electron chi connectivity index (χ1n) is 12.0. The van der Waals surface area contributed by atoms with Crippen LogP contribution in [0.25, 0.3) is 0 Å². The minimum absolute atomic E-state index is 0.329. The molecule has 0 fully saturated rings. The molecule has 0 saturated carbocycles. The van der Waals surface area contributed by atoms with Gasteiger partial charge in [0.15, 0.2) is 0 Å². The molecule has 0 aliphatic carbocycles. The summed E-state index contributed by atoms with van der Waals surface area (Å²) in [6.07, 6.45) is 8.81. The summed E-state index contributed by atoms with van der Waals surface area (Å²) >= 11 is 0. The minimum atomic E-state index is -0.502. The third kappa shape index (κ3) is 12.3. The van der Waals surface area contributed by atoms with Gasteiger partial charge in [0.25, 0.3) is 0 Å². The van der Waals surface area contributed by atoms with Crippen molar-refractivity contribution in [3.63, 3.8) is 0 Å². The fraction of sp³-hybridized carbons (Fsp3) is 0.833. The standard InChI is InChI=1S/C24H46N2O4/c1-7-15-25(21(9-3)10-4)17-19-29-23(27)13-14-24(28)30-20-18-26(16-8-2)22(11-5)12-6/h13-14,21-22H,7-12,15-20H2,1-6H3/b14-13-. The van der Waals surface area contributed by atoms with E-state index in [1.54, 1.807) is 0 Å². The van der Waals surface area contributed by atoms with Crippen LogP contribution in [0.3, 0.4) is 0 Å². The van der Waals surface area contributed by atoms with E-state index in [0.717, 1.165) is 63.8 Å². The Labute approximate surface area is 185 Å². The Bertz CT molecular complexity index is 432. The summed E-state index contributed by atoms with van der Waals surface area (Å²) in [4.78, 5) is 28.5. The molecule has 0 aromatic heterocycles. The summed E-state index contributed by atoms with van der Waals surface area (Å²) in [6, 6.07) is 1.03. The average molecular weight is 427 g/mol. The normalized spacial score (nSPS) is 11.9. The first-order chi connectivity index (χ1) is 14.5. The Kier molecular flexibility index (Phi) is 17.5. The quantitative estimate of drug-likeness (QED) is 0.239. The van der Waals surface area contributed by atoms with Crippen LogP contribution in [0.2, 0.25) is 0 Å². The predicted octanol–water partition coefficient (Wildman–Crippen LogP) is 4.43. The van der Waals surface area contributed by atoms with Gasteiger partial charge >= 0.3 is 11.9 Å². The molecule has 0 rings (SSSR count). The fourth-order valence-corrected chi connectivity index (χ4v) is 3.90. The number of ether oxygens (including phenoxy) is 2. The molecule has 0 bridgehead atoms. The molecule has 30 heavy (non-hydrogen) atoms. The average Bonchev–Trinajstić information content (AvgIpc) is 2.74. The number of hydrogen-bond acceptors (Lipinski definition) is 6. The van der Waals surface area contributed by atoms with Gasteiger partial charge in [-0.05, 0) is 51.6 Å². The Morgan fingerprint density at radius 1 is 0.633 bits per heavy atom. The van der Waals surface area contributed by atoms with Crippen LogP contribution in [0.4, 0.5) is 0 Å². The highest BCUT2D eigenvalue weighted by atomic mass is 16.5. The van der Waals surface area contributed by atoms with Crippen molar-refractivity contribution in [3.05, 3.63) is 12.2 Å². The lowest BCUT2D eigenvalue weighted by Crippen LogP contribution is -2.38. The highest BCUT2D eigenvalue weighted by molar-refractivity contribution is 5.91. The topological polar surface area (TPSA) is 59.1 Å². The molecular formula is C24H46N2O4. The number of esters is 2. The van der Waals surface area contributed by atoms with Crippen molar-refractivity contribution in [1.29, 1.82) is 0 Å². The molecule has 0 heterocycles. The van der Waals surface area contributed by atoms with Crippen LogP contribution in [0.15, 0.2) is 12.2 Å². The molecule has 0 radical (unpaired) electrons. The first-order valence-corrected chi connectivity index (χ1v) is 12.0. The van der Waals surface area contributed by atoms with Crippen molar-refractivity contribution in [1.82, 2.24) is 9.80 Å². The molecule has 0 aromatic rings. The highest BCUT2D eigenvalue weighted by Crippen LogP contribution is 2.10. The van der Waals surface area contributed by atoms with Crippen LogP contribution in [0.1, 0.15) is 80.1 Å². The van der Waals surface area contributed by atoms with E-state index < -0.39 is 11.9 Å². The molecule has 0 saturated heterocycles. The molecule has 6 heteroatoms. The Balaban J connectivity index is 4.30. The highest BCUT2D eigenvalue weighted by Gasteiger charge is 2.15. The van der Waals surface area contributed by atoms with Crippen LogP contribution in [0, 0.1) is 0 Å². The van der Waals surface area contributed by atoms with Gasteiger partial charge in [-0.15, -0.1) is 0 Å². The number of carbonyl (C=O) groups excluding carboxylic acids is 2. The van der Waals surface area contributed by atoms with Crippen molar-refractivity contribution in [2.24, 2.45) is 0 Å². The van der Waals surface area contributed by atoms with E-state index in [4.69, 9.17) is 9.47 Å². The van der Waals surface area contributed by atoms with Gasteiger partial charge in [-0.3, -0.25) is 9.80 Å². The Morgan fingerprint density at radius 3 is 1.23 bits per heavy atom. The van der Waals surface area contributed by atoms with Crippen LogP contribution in [-0.2, 0) is 19.1 Å². The Hall–Kier alpha value is -1.40. The summed E-state index contributed by atoms with van der Waals surface area (Å²) in [7, 11) is 0. The van der Waals surface area contributed by atoms with E-state index >= 15 is 0 Å². The zero-order chi connectivity index (χ0) is 22.8. The SMILES string of the molecule is CCCN(CCOC(=O)/C=C\C(=O)OCCN(CCC)C(CC)CC)C(CC)CC. The number of hydrogen-bond donors (Lipinski definition) is 0. The van der Waals surface area contributed by atoms with Crippen LogP contribution in [-0.4, -0.2) is 73.2 Å². The number of nitrogens with zero attached hydrogens (tertiary/aromatic N) is 2. The van der Waals surface area contributed by atoms with Gasteiger partial charge in [0, 0.05) is 37.3 Å². The van der Waals surface area contributed by atoms with Crippen molar-refractivity contribution in [3.8, 4) is 0 Å². The van der Waals surface area contributed by atoms with Gasteiger partial charge in [0.2, 0.25) is 0 Å². The van der Waals surface area contributed by atoms with Gasteiger partial charge < -0.3 is 9.47 Å². The second-order valence-corrected chi connectivity index (χ2v) is 7.68. The van der Waals surface area contributed by atoms with E-state index in [1.165, 1.54) is 0 Å². The molecule has 0 aromatic carbocycles. The maximum atomic E-state index is 11.9. The minimum Gasteiger partial charge on any atom is -0.461 e. The van der Waals surface area contributed by atoms with Crippen molar-refractivity contribution in [2.75, 3.05) is 39.4 Å². The van der Waals surface area contributed by atoms with Crippen molar-refractivity contribution in [2.45, 2.75) is 92.2 Å². The second kappa shape index (κ2) is 18.4. The number of rotatable bonds is 18. The van der Waals surface area contributed by atoms with E-state index in [1.807, 2.05) is 0 Å². The summed E-state index contributed by atoms with van der Waals surface area (Å²) in [5, 5.41) is 0. The molecule has 176 valence electrons. The summed E-state index contributed by atoms with van der Waals surface area (Å²) in [6.45, 7) is 17.1. The maximum Gasteiger partial charge on any atom is 0.331 e. The molecule has 0 atom stereocenters. The van der Waals surface area contributed by atoms with Crippen molar-refractivity contribution >= 4 is 11.9 Å². The van der Waals surface area contributed by atoms with Gasteiger partial charge in [0.05, 0.1) is 0 Å². The molecule has 0 aliphatic rings. The lowest BCUT2D eigenvalue weighted by Gasteiger charge is -2.29. The van der Waals surface area contributed by atoms with Gasteiger partial charge in [0.1, 0.15) is 13.2 Å². The Morgan fingerprint density at radius 2 is 0.967 bits per heavy atom. The van der Waals surface area contributed by atoms with Crippen LogP contribution < -0.4 is 0 Å². The molecule has 0 N–H and O–H groups in total. The molecule has 0 amide bonds. The van der Waals surface area contributed by atoms with E-state index in [2.05, 4.69) is 51.3 Å². The molecular weight excluding hydrogens is 380 g/mol. The van der Waals surface area contributed by atoms with Crippen LogP contribution in [0.5, 0.6) is 0 Å². The first kappa shape index (κ1) is 28.6. The third-order valence-corrected chi connectivity index (χ3v) is 5.54. The molecule has 6 nitrogen and oxygen atoms in total. The lowest BCUT2D eigenvalue weighted by atomic mass is 10.1. The fourth-order valence-electron chi connectivity index (χ4n) is 3.90. The van der Waals surface area contributed by atoms with Crippen LogP contribution >= 0.6 is 0 Å². The summed E-state index contributed by atoms with van der Waals surface area (Å²) in [5.74, 6) is -1.00. The predicted molar refractivity (Wildman–Crippen MR) is 124 cm³/mol. The molecule has 0 spiro atoms. The van der Waals surface area contributed by atoms with E-state index in [9.17, 15) is 9.59 Å². The monoisotopic (exact) mass is 426 g/mol. The lowest BCUT2D eigenvalue weighted by molar-refractivity contribution is -0.141. The van der Waals surface area contributed by atoms with Crippen molar-refractivity contribution < 1.29 is 19.1 Å². The zero-order valence-corrected chi connectivity index (χ0v) is 20.3. The summed E-state index contributed by atoms with van der Waals surface area (Å²) in [5.41, 5.74) is 0. The smallest absolute Gasteiger partial charge is 0.331 e. The van der Waals surface area contributed by atoms with E-state index in [-0.39, 0.29) is 0 Å². The van der Waals surface area contributed by atoms with Gasteiger partial charge in [-0.1, -0.05) is 41.5 Å². The third-order valence-electron chi connectivity index (χ3n) is 5.54. The zero-order valence-electron chi connectivity index (χ0n) is 20.3. The van der Waals surface area contributed by atoms with Gasteiger partial charge in [-0.2, -0.15) is 0 Å². The molecule has 0 unspecified atom stereocenters. The summed E-state index contributed by atoms with van der Waals surface area (Å²) < 4.78 is 10.5. The van der Waals surface area contributed by atoms with E-state index in [0.29, 0.717) is 38.4 Å².